The van der Waals surface area contributed by atoms with Gasteiger partial charge < -0.3 is 9.47 Å². The molecule has 1 aliphatic rings. The van der Waals surface area contributed by atoms with Crippen molar-refractivity contribution in [1.29, 1.82) is 0 Å². The zero-order valence-electron chi connectivity index (χ0n) is 10.7. The molecule has 0 aromatic heterocycles. The highest BCUT2D eigenvalue weighted by Crippen LogP contribution is 2.21. The molecule has 3 unspecified atom stereocenters. The van der Waals surface area contributed by atoms with Gasteiger partial charge in [-0.25, -0.2) is 0 Å². The second-order valence-electron chi connectivity index (χ2n) is 4.75. The van der Waals surface area contributed by atoms with Crippen LogP contribution in [0.1, 0.15) is 46.5 Å². The van der Waals surface area contributed by atoms with E-state index in [1.165, 1.54) is 0 Å². The third kappa shape index (κ3) is 4.97. The Morgan fingerprint density at radius 1 is 1.44 bits per heavy atom. The zero-order chi connectivity index (χ0) is 12.0. The Morgan fingerprint density at radius 3 is 2.62 bits per heavy atom. The molecule has 0 aromatic carbocycles. The van der Waals surface area contributed by atoms with Gasteiger partial charge in [0.15, 0.2) is 0 Å². The number of carbonyl (C=O) groups excluding carboxylic acids is 1. The van der Waals surface area contributed by atoms with Crippen LogP contribution in [0.4, 0.5) is 0 Å². The molecule has 0 N–H and O–H groups in total. The van der Waals surface area contributed by atoms with Crippen molar-refractivity contribution >= 4 is 5.97 Å². The van der Waals surface area contributed by atoms with Crippen LogP contribution in [0.5, 0.6) is 0 Å². The highest BCUT2D eigenvalue weighted by molar-refractivity contribution is 5.71. The van der Waals surface area contributed by atoms with Gasteiger partial charge in [-0.15, -0.1) is 0 Å². The standard InChI is InChI=1S/C13H24O3/c1-4-10(3)13(14)16-8-11(5-2)6-7-12-9-15-12/h10-12H,4-9H2,1-3H3. The predicted octanol–water partition coefficient (Wildman–Crippen LogP) is 2.78. The second-order valence-corrected chi connectivity index (χ2v) is 4.75. The minimum absolute atomic E-state index is 0.0317. The van der Waals surface area contributed by atoms with E-state index in [1.54, 1.807) is 0 Å². The monoisotopic (exact) mass is 228 g/mol. The maximum Gasteiger partial charge on any atom is 0.308 e. The van der Waals surface area contributed by atoms with Gasteiger partial charge >= 0.3 is 5.97 Å². The van der Waals surface area contributed by atoms with Crippen LogP contribution in [0, 0.1) is 11.8 Å². The van der Waals surface area contributed by atoms with E-state index in [0.29, 0.717) is 18.6 Å². The van der Waals surface area contributed by atoms with Crippen molar-refractivity contribution in [2.75, 3.05) is 13.2 Å². The lowest BCUT2D eigenvalue weighted by molar-refractivity contribution is -0.149. The smallest absolute Gasteiger partial charge is 0.308 e. The van der Waals surface area contributed by atoms with E-state index < -0.39 is 0 Å². The van der Waals surface area contributed by atoms with E-state index in [0.717, 1.165) is 32.3 Å². The summed E-state index contributed by atoms with van der Waals surface area (Å²) in [6, 6.07) is 0. The number of rotatable bonds is 8. The predicted molar refractivity (Wildman–Crippen MR) is 63.2 cm³/mol. The van der Waals surface area contributed by atoms with Crippen LogP contribution in [-0.4, -0.2) is 25.3 Å². The molecule has 1 fully saturated rings. The van der Waals surface area contributed by atoms with Gasteiger partial charge in [-0.05, 0) is 25.2 Å². The minimum Gasteiger partial charge on any atom is -0.465 e. The van der Waals surface area contributed by atoms with Gasteiger partial charge in [-0.2, -0.15) is 0 Å². The largest absolute Gasteiger partial charge is 0.465 e. The maximum absolute atomic E-state index is 11.5. The molecule has 0 amide bonds. The Kier molecular flexibility index (Phi) is 5.81. The van der Waals surface area contributed by atoms with Gasteiger partial charge in [0.05, 0.1) is 25.2 Å². The molecular formula is C13H24O3. The van der Waals surface area contributed by atoms with E-state index in [-0.39, 0.29) is 11.9 Å². The molecule has 3 heteroatoms. The van der Waals surface area contributed by atoms with Gasteiger partial charge in [0.2, 0.25) is 0 Å². The van der Waals surface area contributed by atoms with E-state index in [9.17, 15) is 4.79 Å². The maximum atomic E-state index is 11.5. The van der Waals surface area contributed by atoms with Gasteiger partial charge in [0, 0.05) is 0 Å². The number of hydrogen-bond donors (Lipinski definition) is 0. The first kappa shape index (κ1) is 13.5. The molecule has 1 rings (SSSR count). The molecule has 3 atom stereocenters. The molecule has 0 aliphatic carbocycles. The Hall–Kier alpha value is -0.570. The molecular weight excluding hydrogens is 204 g/mol. The molecule has 1 aliphatic heterocycles. The lowest BCUT2D eigenvalue weighted by Gasteiger charge is -2.16. The first-order valence-corrected chi connectivity index (χ1v) is 6.45. The number of carbonyl (C=O) groups is 1. The highest BCUT2D eigenvalue weighted by Gasteiger charge is 2.23. The molecule has 94 valence electrons. The first-order valence-electron chi connectivity index (χ1n) is 6.45. The van der Waals surface area contributed by atoms with Crippen LogP contribution in [0.3, 0.4) is 0 Å². The third-order valence-corrected chi connectivity index (χ3v) is 3.35. The van der Waals surface area contributed by atoms with Crippen molar-refractivity contribution in [3.63, 3.8) is 0 Å². The van der Waals surface area contributed by atoms with E-state index in [1.807, 2.05) is 13.8 Å². The van der Waals surface area contributed by atoms with Crippen molar-refractivity contribution in [1.82, 2.24) is 0 Å². The van der Waals surface area contributed by atoms with Crippen molar-refractivity contribution in [3.05, 3.63) is 0 Å². The van der Waals surface area contributed by atoms with E-state index >= 15 is 0 Å². The Labute approximate surface area is 98.5 Å². The van der Waals surface area contributed by atoms with Crippen LogP contribution in [0.15, 0.2) is 0 Å². The highest BCUT2D eigenvalue weighted by atomic mass is 16.6. The second kappa shape index (κ2) is 6.89. The van der Waals surface area contributed by atoms with Crippen LogP contribution in [0.25, 0.3) is 0 Å². The fourth-order valence-corrected chi connectivity index (χ4v) is 1.57. The van der Waals surface area contributed by atoms with Gasteiger partial charge in [-0.3, -0.25) is 4.79 Å². The Balaban J connectivity index is 2.13. The van der Waals surface area contributed by atoms with Crippen LogP contribution >= 0.6 is 0 Å². The quantitative estimate of drug-likeness (QED) is 0.473. The SMILES string of the molecule is CCC(CCC1CO1)COC(=O)C(C)CC. The molecule has 1 saturated heterocycles. The summed E-state index contributed by atoms with van der Waals surface area (Å²) in [6.07, 6.45) is 4.62. The van der Waals surface area contributed by atoms with E-state index in [2.05, 4.69) is 6.92 Å². The van der Waals surface area contributed by atoms with Gasteiger partial charge in [0.25, 0.3) is 0 Å². The molecule has 0 spiro atoms. The summed E-state index contributed by atoms with van der Waals surface area (Å²) < 4.78 is 10.5. The van der Waals surface area contributed by atoms with Crippen molar-refractivity contribution in [2.45, 2.75) is 52.6 Å². The number of ether oxygens (including phenoxy) is 2. The third-order valence-electron chi connectivity index (χ3n) is 3.35. The summed E-state index contributed by atoms with van der Waals surface area (Å²) in [6.45, 7) is 7.57. The topological polar surface area (TPSA) is 38.8 Å². The molecule has 0 radical (unpaired) electrons. The average Bonchev–Trinajstić information content (AvgIpc) is 3.11. The van der Waals surface area contributed by atoms with Crippen LogP contribution < -0.4 is 0 Å². The first-order chi connectivity index (χ1) is 7.67. The zero-order valence-corrected chi connectivity index (χ0v) is 10.7. The molecule has 0 bridgehead atoms. The number of esters is 1. The van der Waals surface area contributed by atoms with Gasteiger partial charge in [-0.1, -0.05) is 27.2 Å². The van der Waals surface area contributed by atoms with Crippen LogP contribution in [-0.2, 0) is 14.3 Å². The average molecular weight is 228 g/mol. The molecule has 1 heterocycles. The summed E-state index contributed by atoms with van der Waals surface area (Å²) in [5.74, 6) is 0.477. The fourth-order valence-electron chi connectivity index (χ4n) is 1.57. The molecule has 16 heavy (non-hydrogen) atoms. The Morgan fingerprint density at radius 2 is 2.12 bits per heavy atom. The molecule has 0 aromatic rings. The minimum atomic E-state index is -0.0522. The summed E-state index contributed by atoms with van der Waals surface area (Å²) >= 11 is 0. The van der Waals surface area contributed by atoms with Gasteiger partial charge in [0.1, 0.15) is 0 Å². The molecule has 3 nitrogen and oxygen atoms in total. The van der Waals surface area contributed by atoms with E-state index in [4.69, 9.17) is 9.47 Å². The van der Waals surface area contributed by atoms with Crippen LogP contribution in [0.2, 0.25) is 0 Å². The fraction of sp³-hybridized carbons (Fsp3) is 0.923. The number of hydrogen-bond acceptors (Lipinski definition) is 3. The van der Waals surface area contributed by atoms with Crippen molar-refractivity contribution in [2.24, 2.45) is 11.8 Å². The summed E-state index contributed by atoms with van der Waals surface area (Å²) in [4.78, 5) is 11.5. The van der Waals surface area contributed by atoms with Crippen molar-refractivity contribution < 1.29 is 14.3 Å². The summed E-state index contributed by atoms with van der Waals surface area (Å²) in [5, 5.41) is 0. The summed E-state index contributed by atoms with van der Waals surface area (Å²) in [7, 11) is 0. The lowest BCUT2D eigenvalue weighted by atomic mass is 10.0. The number of epoxide rings is 1. The normalized spacial score (nSPS) is 22.6. The van der Waals surface area contributed by atoms with Crippen molar-refractivity contribution in [3.8, 4) is 0 Å². The lowest BCUT2D eigenvalue weighted by Crippen LogP contribution is -2.19. The Bertz CT molecular complexity index is 211. The summed E-state index contributed by atoms with van der Waals surface area (Å²) in [5.41, 5.74) is 0. The molecule has 0 saturated carbocycles.